The molecule has 84 valence electrons. The fourth-order valence-corrected chi connectivity index (χ4v) is 1.45. The van der Waals surface area contributed by atoms with E-state index < -0.39 is 6.10 Å². The molecule has 0 saturated carbocycles. The second kappa shape index (κ2) is 5.17. The van der Waals surface area contributed by atoms with Crippen LogP contribution in [-0.2, 0) is 0 Å². The van der Waals surface area contributed by atoms with E-state index in [9.17, 15) is 5.11 Å². The zero-order chi connectivity index (χ0) is 11.4. The van der Waals surface area contributed by atoms with Gasteiger partial charge in [0.15, 0.2) is 0 Å². The molecule has 0 fully saturated rings. The Morgan fingerprint density at radius 1 is 1.33 bits per heavy atom. The van der Waals surface area contributed by atoms with Crippen LogP contribution in [0.3, 0.4) is 0 Å². The minimum atomic E-state index is -0.398. The van der Waals surface area contributed by atoms with E-state index in [1.54, 1.807) is 0 Å². The molecule has 0 spiro atoms. The van der Waals surface area contributed by atoms with E-state index in [0.717, 1.165) is 11.3 Å². The molecule has 1 aromatic rings. The molecule has 0 aromatic heterocycles. The van der Waals surface area contributed by atoms with Gasteiger partial charge in [-0.15, -0.1) is 0 Å². The molecule has 0 aliphatic carbocycles. The van der Waals surface area contributed by atoms with E-state index in [-0.39, 0.29) is 6.10 Å². The second-order valence-corrected chi connectivity index (χ2v) is 4.07. The second-order valence-electron chi connectivity index (χ2n) is 4.07. The van der Waals surface area contributed by atoms with Gasteiger partial charge in [0.1, 0.15) is 11.9 Å². The van der Waals surface area contributed by atoms with Gasteiger partial charge in [0.2, 0.25) is 0 Å². The Labute approximate surface area is 91.9 Å². The van der Waals surface area contributed by atoms with E-state index in [1.165, 1.54) is 5.56 Å². The van der Waals surface area contributed by atoms with Crippen LogP contribution in [0.15, 0.2) is 18.2 Å². The predicted molar refractivity (Wildman–Crippen MR) is 62.3 cm³/mol. The van der Waals surface area contributed by atoms with E-state index in [4.69, 9.17) is 4.74 Å². The lowest BCUT2D eigenvalue weighted by molar-refractivity contribution is 0.0447. The molecule has 0 aliphatic heterocycles. The van der Waals surface area contributed by atoms with Crippen LogP contribution in [-0.4, -0.2) is 17.3 Å². The Hall–Kier alpha value is -1.02. The maximum Gasteiger partial charge on any atom is 0.123 e. The van der Waals surface area contributed by atoms with Gasteiger partial charge in [-0.3, -0.25) is 0 Å². The summed E-state index contributed by atoms with van der Waals surface area (Å²) in [5.74, 6) is 0.870. The highest BCUT2D eigenvalue weighted by Gasteiger charge is 2.14. The first-order valence-electron chi connectivity index (χ1n) is 5.46. The van der Waals surface area contributed by atoms with Gasteiger partial charge >= 0.3 is 0 Å². The third-order valence-electron chi connectivity index (χ3n) is 2.62. The molecule has 2 atom stereocenters. The van der Waals surface area contributed by atoms with Crippen LogP contribution in [0.5, 0.6) is 5.75 Å². The van der Waals surface area contributed by atoms with Crippen molar-refractivity contribution in [1.82, 2.24) is 0 Å². The number of hydrogen-bond acceptors (Lipinski definition) is 2. The largest absolute Gasteiger partial charge is 0.488 e. The van der Waals surface area contributed by atoms with Crippen molar-refractivity contribution in [3.63, 3.8) is 0 Å². The molecule has 15 heavy (non-hydrogen) atoms. The van der Waals surface area contributed by atoms with Gasteiger partial charge in [0.05, 0.1) is 6.10 Å². The molecule has 0 amide bonds. The number of ether oxygens (including phenoxy) is 1. The van der Waals surface area contributed by atoms with Crippen molar-refractivity contribution >= 4 is 0 Å². The summed E-state index contributed by atoms with van der Waals surface area (Å²) in [5, 5.41) is 9.62. The van der Waals surface area contributed by atoms with Crippen molar-refractivity contribution in [3.05, 3.63) is 29.3 Å². The number of rotatable bonds is 4. The van der Waals surface area contributed by atoms with Crippen LogP contribution >= 0.6 is 0 Å². The third-order valence-corrected chi connectivity index (χ3v) is 2.62. The van der Waals surface area contributed by atoms with Crippen molar-refractivity contribution in [1.29, 1.82) is 0 Å². The van der Waals surface area contributed by atoms with Crippen LogP contribution in [0.1, 0.15) is 31.4 Å². The predicted octanol–water partition coefficient (Wildman–Crippen LogP) is 2.84. The number of hydrogen-bond donors (Lipinski definition) is 1. The highest BCUT2D eigenvalue weighted by molar-refractivity contribution is 5.36. The number of aryl methyl sites for hydroxylation is 2. The first-order chi connectivity index (χ1) is 7.04. The fraction of sp³-hybridized carbons (Fsp3) is 0.538. The monoisotopic (exact) mass is 208 g/mol. The molecule has 0 aliphatic rings. The van der Waals surface area contributed by atoms with Gasteiger partial charge in [-0.2, -0.15) is 0 Å². The van der Waals surface area contributed by atoms with Gasteiger partial charge in [0, 0.05) is 0 Å². The summed E-state index contributed by atoms with van der Waals surface area (Å²) >= 11 is 0. The highest BCUT2D eigenvalue weighted by atomic mass is 16.5. The summed E-state index contributed by atoms with van der Waals surface area (Å²) in [7, 11) is 0. The standard InChI is InChI=1S/C13H20O2/c1-5-12(14)11(4)15-13-8-9(2)6-7-10(13)3/h6-8,11-12,14H,5H2,1-4H3. The molecule has 1 N–H and O–H groups in total. The van der Waals surface area contributed by atoms with E-state index in [2.05, 4.69) is 6.07 Å². The van der Waals surface area contributed by atoms with Crippen LogP contribution in [0.25, 0.3) is 0 Å². The molecule has 0 bridgehead atoms. The van der Waals surface area contributed by atoms with E-state index >= 15 is 0 Å². The molecular formula is C13H20O2. The van der Waals surface area contributed by atoms with Crippen LogP contribution in [0, 0.1) is 13.8 Å². The summed E-state index contributed by atoms with van der Waals surface area (Å²) in [6.45, 7) is 7.90. The topological polar surface area (TPSA) is 29.5 Å². The summed E-state index contributed by atoms with van der Waals surface area (Å²) in [5.41, 5.74) is 2.28. The molecule has 1 aromatic carbocycles. The number of aliphatic hydroxyl groups excluding tert-OH is 1. The molecular weight excluding hydrogens is 188 g/mol. The van der Waals surface area contributed by atoms with Crippen molar-refractivity contribution in [2.75, 3.05) is 0 Å². The summed E-state index contributed by atoms with van der Waals surface area (Å²) in [4.78, 5) is 0. The Bertz CT molecular complexity index is 320. The SMILES string of the molecule is CCC(O)C(C)Oc1cc(C)ccc1C. The number of aliphatic hydroxyl groups is 1. The smallest absolute Gasteiger partial charge is 0.123 e. The van der Waals surface area contributed by atoms with Crippen molar-refractivity contribution in [2.45, 2.75) is 46.3 Å². The highest BCUT2D eigenvalue weighted by Crippen LogP contribution is 2.21. The average molecular weight is 208 g/mol. The lowest BCUT2D eigenvalue weighted by Crippen LogP contribution is -2.28. The number of benzene rings is 1. The normalized spacial score (nSPS) is 14.7. The summed E-state index contributed by atoms with van der Waals surface area (Å²) in [6.07, 6.45) is 0.159. The van der Waals surface area contributed by atoms with E-state index in [1.807, 2.05) is 39.8 Å². The zero-order valence-corrected chi connectivity index (χ0v) is 9.95. The van der Waals surface area contributed by atoms with Gasteiger partial charge in [0.25, 0.3) is 0 Å². The zero-order valence-electron chi connectivity index (χ0n) is 9.95. The molecule has 2 unspecified atom stereocenters. The lowest BCUT2D eigenvalue weighted by atomic mass is 10.1. The first kappa shape index (κ1) is 12.1. The van der Waals surface area contributed by atoms with Gasteiger partial charge in [-0.1, -0.05) is 19.1 Å². The lowest BCUT2D eigenvalue weighted by Gasteiger charge is -2.20. The fourth-order valence-electron chi connectivity index (χ4n) is 1.45. The molecule has 0 saturated heterocycles. The maximum atomic E-state index is 9.62. The van der Waals surface area contributed by atoms with Crippen LogP contribution in [0.4, 0.5) is 0 Å². The third kappa shape index (κ3) is 3.24. The molecule has 0 radical (unpaired) electrons. The maximum absolute atomic E-state index is 9.62. The molecule has 2 heteroatoms. The van der Waals surface area contributed by atoms with Crippen LogP contribution in [0.2, 0.25) is 0 Å². The van der Waals surface area contributed by atoms with Crippen molar-refractivity contribution < 1.29 is 9.84 Å². The van der Waals surface area contributed by atoms with Gasteiger partial charge in [-0.05, 0) is 44.4 Å². The summed E-state index contributed by atoms with van der Waals surface area (Å²) in [6, 6.07) is 6.10. The van der Waals surface area contributed by atoms with Crippen molar-refractivity contribution in [2.24, 2.45) is 0 Å². The average Bonchev–Trinajstić information content (AvgIpc) is 2.22. The van der Waals surface area contributed by atoms with Crippen LogP contribution < -0.4 is 4.74 Å². The Morgan fingerprint density at radius 2 is 2.00 bits per heavy atom. The van der Waals surface area contributed by atoms with Crippen molar-refractivity contribution in [3.8, 4) is 5.75 Å². The Balaban J connectivity index is 2.75. The van der Waals surface area contributed by atoms with Gasteiger partial charge in [-0.25, -0.2) is 0 Å². The Kier molecular flexibility index (Phi) is 4.15. The molecule has 0 heterocycles. The quantitative estimate of drug-likeness (QED) is 0.824. The minimum Gasteiger partial charge on any atom is -0.488 e. The molecule has 1 rings (SSSR count). The van der Waals surface area contributed by atoms with E-state index in [0.29, 0.717) is 6.42 Å². The summed E-state index contributed by atoms with van der Waals surface area (Å²) < 4.78 is 5.73. The Morgan fingerprint density at radius 3 is 2.60 bits per heavy atom. The first-order valence-corrected chi connectivity index (χ1v) is 5.46. The van der Waals surface area contributed by atoms with Gasteiger partial charge < -0.3 is 9.84 Å². The minimum absolute atomic E-state index is 0.157. The molecule has 2 nitrogen and oxygen atoms in total.